The molecule has 0 saturated carbocycles. The molecule has 0 bridgehead atoms. The Bertz CT molecular complexity index is 1210. The van der Waals surface area contributed by atoms with Crippen LogP contribution in [0, 0.1) is 0 Å². The van der Waals surface area contributed by atoms with Crippen molar-refractivity contribution >= 4 is 11.4 Å². The van der Waals surface area contributed by atoms with Gasteiger partial charge in [-0.25, -0.2) is 9.66 Å². The molecule has 0 aliphatic carbocycles. The quantitative estimate of drug-likeness (QED) is 0.483. The first kappa shape index (κ1) is 17.2. The van der Waals surface area contributed by atoms with Gasteiger partial charge in [-0.1, -0.05) is 24.3 Å². The van der Waals surface area contributed by atoms with Gasteiger partial charge in [0.15, 0.2) is 0 Å². The van der Waals surface area contributed by atoms with Crippen molar-refractivity contribution < 1.29 is 4.74 Å². The van der Waals surface area contributed by atoms with Crippen LogP contribution in [0.1, 0.15) is 22.5 Å². The third-order valence-electron chi connectivity index (χ3n) is 5.04. The van der Waals surface area contributed by atoms with Crippen molar-refractivity contribution in [3.63, 3.8) is 0 Å². The number of rotatable bonds is 3. The van der Waals surface area contributed by atoms with Crippen LogP contribution in [0.15, 0.2) is 78.2 Å². The highest BCUT2D eigenvalue weighted by molar-refractivity contribution is 6.14. The van der Waals surface area contributed by atoms with Crippen LogP contribution < -0.4 is 10.5 Å². The molecule has 4 aromatic rings. The fourth-order valence-electron chi connectivity index (χ4n) is 3.54. The molecule has 0 saturated heterocycles. The maximum absolute atomic E-state index is 5.90. The molecule has 0 spiro atoms. The molecule has 2 N–H and O–H groups in total. The van der Waals surface area contributed by atoms with Crippen molar-refractivity contribution in [3.05, 3.63) is 95.6 Å². The highest BCUT2D eigenvalue weighted by Crippen LogP contribution is 2.29. The minimum absolute atomic E-state index is 0.661. The van der Waals surface area contributed by atoms with Crippen LogP contribution in [0.4, 0.5) is 5.69 Å². The lowest BCUT2D eigenvalue weighted by atomic mass is 9.95. The number of imidazole rings is 1. The Morgan fingerprint density at radius 2 is 1.86 bits per heavy atom. The second-order valence-corrected chi connectivity index (χ2v) is 6.86. The van der Waals surface area contributed by atoms with E-state index in [0.29, 0.717) is 12.1 Å². The van der Waals surface area contributed by atoms with Crippen molar-refractivity contribution in [3.8, 4) is 17.1 Å². The first-order valence-corrected chi connectivity index (χ1v) is 9.33. The van der Waals surface area contributed by atoms with Gasteiger partial charge in [-0.2, -0.15) is 5.10 Å². The standard InChI is InChI=1S/C23H19N5O/c1-29-18-10-7-16-12-22-26-14-21(20-4-2-3-11-25-20)28(22)27-23(19(16)13-18)15-5-8-17(24)9-6-15/h2-11,13-14H,12,24H2,1H3. The molecule has 3 heterocycles. The van der Waals surface area contributed by atoms with E-state index < -0.39 is 0 Å². The molecule has 6 heteroatoms. The topological polar surface area (TPSA) is 78.3 Å². The second kappa shape index (κ2) is 6.91. The van der Waals surface area contributed by atoms with Crippen LogP contribution in [0.5, 0.6) is 5.75 Å². The van der Waals surface area contributed by atoms with Gasteiger partial charge in [0.25, 0.3) is 0 Å². The van der Waals surface area contributed by atoms with E-state index in [4.69, 9.17) is 15.6 Å². The van der Waals surface area contributed by atoms with E-state index in [1.54, 1.807) is 13.3 Å². The summed E-state index contributed by atoms with van der Waals surface area (Å²) < 4.78 is 7.36. The van der Waals surface area contributed by atoms with Gasteiger partial charge in [0.1, 0.15) is 17.3 Å². The fourth-order valence-corrected chi connectivity index (χ4v) is 3.54. The highest BCUT2D eigenvalue weighted by Gasteiger charge is 2.22. The second-order valence-electron chi connectivity index (χ2n) is 6.86. The van der Waals surface area contributed by atoms with Gasteiger partial charge < -0.3 is 10.5 Å². The van der Waals surface area contributed by atoms with Crippen molar-refractivity contribution in [2.24, 2.45) is 5.10 Å². The molecule has 29 heavy (non-hydrogen) atoms. The van der Waals surface area contributed by atoms with Crippen LogP contribution in [0.3, 0.4) is 0 Å². The number of nitrogen functional groups attached to an aromatic ring is 1. The van der Waals surface area contributed by atoms with E-state index in [2.05, 4.69) is 16.0 Å². The summed E-state index contributed by atoms with van der Waals surface area (Å²) >= 11 is 0. The van der Waals surface area contributed by atoms with Crippen molar-refractivity contribution in [2.75, 3.05) is 12.8 Å². The predicted octanol–water partition coefficient (Wildman–Crippen LogP) is 3.74. The summed E-state index contributed by atoms with van der Waals surface area (Å²) in [7, 11) is 1.67. The Balaban J connectivity index is 1.76. The third kappa shape index (κ3) is 3.04. The summed E-state index contributed by atoms with van der Waals surface area (Å²) in [5, 5.41) is 5.03. The summed E-state index contributed by atoms with van der Waals surface area (Å²) in [6, 6.07) is 19.6. The minimum atomic E-state index is 0.661. The number of ether oxygens (including phenoxy) is 1. The Morgan fingerprint density at radius 3 is 2.62 bits per heavy atom. The molecule has 0 radical (unpaired) electrons. The highest BCUT2D eigenvalue weighted by atomic mass is 16.5. The number of pyridine rings is 1. The Hall–Kier alpha value is -3.93. The average molecular weight is 381 g/mol. The van der Waals surface area contributed by atoms with E-state index in [9.17, 15) is 0 Å². The van der Waals surface area contributed by atoms with E-state index in [1.807, 2.05) is 65.5 Å². The fraction of sp³-hybridized carbons (Fsp3) is 0.0870. The number of nitrogens with two attached hydrogens (primary N) is 1. The van der Waals surface area contributed by atoms with E-state index in [-0.39, 0.29) is 0 Å². The van der Waals surface area contributed by atoms with Crippen LogP contribution in [-0.2, 0) is 6.42 Å². The zero-order chi connectivity index (χ0) is 19.8. The average Bonchev–Trinajstić information content (AvgIpc) is 3.08. The molecule has 0 amide bonds. The van der Waals surface area contributed by atoms with Crippen LogP contribution >= 0.6 is 0 Å². The van der Waals surface area contributed by atoms with Crippen molar-refractivity contribution in [1.82, 2.24) is 14.6 Å². The molecule has 0 fully saturated rings. The molecule has 2 aromatic heterocycles. The van der Waals surface area contributed by atoms with Gasteiger partial charge in [0.05, 0.1) is 24.7 Å². The van der Waals surface area contributed by atoms with Gasteiger partial charge in [-0.3, -0.25) is 4.98 Å². The molecule has 142 valence electrons. The van der Waals surface area contributed by atoms with Gasteiger partial charge in [-0.15, -0.1) is 0 Å². The summed E-state index contributed by atoms with van der Waals surface area (Å²) in [6.45, 7) is 0. The van der Waals surface area contributed by atoms with Gasteiger partial charge >= 0.3 is 0 Å². The molecular formula is C23H19N5O. The number of methoxy groups -OCH3 is 1. The summed E-state index contributed by atoms with van der Waals surface area (Å²) in [5.74, 6) is 1.65. The number of hydrogen-bond donors (Lipinski definition) is 1. The monoisotopic (exact) mass is 381 g/mol. The lowest BCUT2D eigenvalue weighted by molar-refractivity contribution is 0.414. The van der Waals surface area contributed by atoms with Crippen LogP contribution in [-0.4, -0.2) is 27.5 Å². The third-order valence-corrected chi connectivity index (χ3v) is 5.04. The van der Waals surface area contributed by atoms with Gasteiger partial charge in [0, 0.05) is 29.4 Å². The first-order chi connectivity index (χ1) is 14.2. The molecule has 5 rings (SSSR count). The molecule has 1 aliphatic rings. The number of fused-ring (bicyclic) bond motifs is 2. The molecule has 2 aromatic carbocycles. The normalized spacial score (nSPS) is 12.5. The lowest BCUT2D eigenvalue weighted by Gasteiger charge is -2.12. The van der Waals surface area contributed by atoms with Crippen molar-refractivity contribution in [1.29, 1.82) is 0 Å². The Labute approximate surface area is 168 Å². The minimum Gasteiger partial charge on any atom is -0.497 e. The van der Waals surface area contributed by atoms with E-state index in [1.165, 1.54) is 0 Å². The number of aromatic nitrogens is 3. The van der Waals surface area contributed by atoms with Gasteiger partial charge in [0.2, 0.25) is 0 Å². The smallest absolute Gasteiger partial charge is 0.135 e. The number of benzene rings is 2. The molecule has 6 nitrogen and oxygen atoms in total. The van der Waals surface area contributed by atoms with Gasteiger partial charge in [-0.05, 0) is 42.0 Å². The lowest BCUT2D eigenvalue weighted by Crippen LogP contribution is -2.08. The van der Waals surface area contributed by atoms with Crippen LogP contribution in [0.2, 0.25) is 0 Å². The maximum atomic E-state index is 5.90. The number of hydrogen-bond acceptors (Lipinski definition) is 5. The predicted molar refractivity (Wildman–Crippen MR) is 113 cm³/mol. The zero-order valence-electron chi connectivity index (χ0n) is 15.9. The molecule has 1 aliphatic heterocycles. The van der Waals surface area contributed by atoms with E-state index in [0.717, 1.165) is 45.4 Å². The van der Waals surface area contributed by atoms with Crippen molar-refractivity contribution in [2.45, 2.75) is 6.42 Å². The maximum Gasteiger partial charge on any atom is 0.135 e. The Kier molecular flexibility index (Phi) is 4.09. The molecule has 0 atom stereocenters. The zero-order valence-corrected chi connectivity index (χ0v) is 15.9. The van der Waals surface area contributed by atoms with Crippen LogP contribution in [0.25, 0.3) is 11.4 Å². The number of nitrogens with zero attached hydrogens (tertiary/aromatic N) is 4. The largest absolute Gasteiger partial charge is 0.497 e. The molecular weight excluding hydrogens is 362 g/mol. The van der Waals surface area contributed by atoms with E-state index >= 15 is 0 Å². The first-order valence-electron chi connectivity index (χ1n) is 9.33. The summed E-state index contributed by atoms with van der Waals surface area (Å²) in [6.07, 6.45) is 4.26. The molecule has 0 unspecified atom stereocenters. The summed E-state index contributed by atoms with van der Waals surface area (Å²) in [5.41, 5.74) is 12.3. The number of anilines is 1. The SMILES string of the molecule is COc1ccc2c(c1)C(c1ccc(N)cc1)=Nn1c(-c3ccccn3)cnc1C2. The Morgan fingerprint density at radius 1 is 1.00 bits per heavy atom. The summed E-state index contributed by atoms with van der Waals surface area (Å²) in [4.78, 5) is 9.12.